The standard InChI is InChI=1S/C27H28Cl2N4O6S/c1-18-4-10-24(11-5-18)40(36,37)33(16-19-6-7-20(28)13-25(19)29)17-23-9-8-22(39-23)15-31-32-27(35)26(34)30-14-21-3-2-12-38-21/h4-11,13,15,21H,2-3,12,14,16-17H2,1H3,(H,30,34)(H,32,35)/b31-15+/t21-/m0/s1. The van der Waals surface area contributed by atoms with Crippen molar-refractivity contribution in [2.45, 2.75) is 43.9 Å². The van der Waals surface area contributed by atoms with E-state index in [1.54, 1.807) is 54.6 Å². The van der Waals surface area contributed by atoms with Crippen LogP contribution in [0.15, 0.2) is 69.0 Å². The first kappa shape index (κ1) is 29.8. The van der Waals surface area contributed by atoms with E-state index in [2.05, 4.69) is 15.8 Å². The zero-order chi connectivity index (χ0) is 28.7. The van der Waals surface area contributed by atoms with Crippen LogP contribution >= 0.6 is 23.2 Å². The van der Waals surface area contributed by atoms with Crippen LogP contribution in [0.4, 0.5) is 0 Å². The number of hydrogen-bond acceptors (Lipinski definition) is 7. The highest BCUT2D eigenvalue weighted by molar-refractivity contribution is 7.89. The number of halogens is 2. The van der Waals surface area contributed by atoms with E-state index >= 15 is 0 Å². The lowest BCUT2D eigenvalue weighted by Gasteiger charge is -2.22. The monoisotopic (exact) mass is 606 g/mol. The van der Waals surface area contributed by atoms with Gasteiger partial charge in [0.2, 0.25) is 10.0 Å². The zero-order valence-electron chi connectivity index (χ0n) is 21.6. The summed E-state index contributed by atoms with van der Waals surface area (Å²) < 4.78 is 39.5. The molecule has 2 N–H and O–H groups in total. The third kappa shape index (κ3) is 7.92. The summed E-state index contributed by atoms with van der Waals surface area (Å²) >= 11 is 12.3. The molecule has 1 aliphatic rings. The van der Waals surface area contributed by atoms with Crippen molar-refractivity contribution in [3.8, 4) is 0 Å². The minimum Gasteiger partial charge on any atom is -0.459 e. The molecule has 1 saturated heterocycles. The quantitative estimate of drug-likeness (QED) is 0.203. The van der Waals surface area contributed by atoms with Crippen molar-refractivity contribution >= 4 is 51.3 Å². The van der Waals surface area contributed by atoms with Gasteiger partial charge in [0.15, 0.2) is 0 Å². The molecule has 1 aromatic heterocycles. The van der Waals surface area contributed by atoms with Crippen molar-refractivity contribution in [1.29, 1.82) is 0 Å². The number of hydrazone groups is 1. The summed E-state index contributed by atoms with van der Waals surface area (Å²) in [5.41, 5.74) is 3.63. The number of benzene rings is 2. The molecule has 4 rings (SSSR count). The van der Waals surface area contributed by atoms with Crippen molar-refractivity contribution in [3.63, 3.8) is 0 Å². The second-order valence-electron chi connectivity index (χ2n) is 9.17. The summed E-state index contributed by atoms with van der Waals surface area (Å²) in [5.74, 6) is -1.20. The predicted octanol–water partition coefficient (Wildman–Crippen LogP) is 4.03. The van der Waals surface area contributed by atoms with Crippen LogP contribution in [0.25, 0.3) is 0 Å². The predicted molar refractivity (Wildman–Crippen MR) is 151 cm³/mol. The lowest BCUT2D eigenvalue weighted by molar-refractivity contribution is -0.139. The number of ether oxygens (including phenoxy) is 1. The van der Waals surface area contributed by atoms with E-state index in [9.17, 15) is 18.0 Å². The lowest BCUT2D eigenvalue weighted by atomic mass is 10.2. The Kier molecular flexibility index (Phi) is 9.99. The summed E-state index contributed by atoms with van der Waals surface area (Å²) in [7, 11) is -3.94. The molecule has 13 heteroatoms. The van der Waals surface area contributed by atoms with Gasteiger partial charge in [-0.25, -0.2) is 13.8 Å². The van der Waals surface area contributed by atoms with E-state index in [0.717, 1.165) is 18.4 Å². The normalized spacial score (nSPS) is 15.6. The van der Waals surface area contributed by atoms with Crippen LogP contribution in [-0.4, -0.2) is 50.0 Å². The fraction of sp³-hybridized carbons (Fsp3) is 0.296. The molecule has 10 nitrogen and oxygen atoms in total. The van der Waals surface area contributed by atoms with Crippen LogP contribution in [0.1, 0.15) is 35.5 Å². The molecule has 0 spiro atoms. The molecule has 0 saturated carbocycles. The number of furan rings is 1. The van der Waals surface area contributed by atoms with Crippen LogP contribution < -0.4 is 10.7 Å². The van der Waals surface area contributed by atoms with Gasteiger partial charge in [0, 0.05) is 29.7 Å². The lowest BCUT2D eigenvalue weighted by Crippen LogP contribution is -2.41. The molecule has 40 heavy (non-hydrogen) atoms. The molecule has 1 fully saturated rings. The number of hydrogen-bond donors (Lipinski definition) is 2. The Balaban J connectivity index is 1.43. The van der Waals surface area contributed by atoms with Crippen molar-refractivity contribution in [1.82, 2.24) is 15.0 Å². The highest BCUT2D eigenvalue weighted by Gasteiger charge is 2.27. The van der Waals surface area contributed by atoms with Crippen molar-refractivity contribution in [2.24, 2.45) is 5.10 Å². The molecule has 0 bridgehead atoms. The summed E-state index contributed by atoms with van der Waals surface area (Å²) in [6.07, 6.45) is 2.88. The molecule has 2 heterocycles. The first-order chi connectivity index (χ1) is 19.1. The molecule has 1 aliphatic heterocycles. The maximum atomic E-state index is 13.6. The van der Waals surface area contributed by atoms with Crippen molar-refractivity contribution in [3.05, 3.63) is 87.3 Å². The van der Waals surface area contributed by atoms with E-state index in [1.807, 2.05) is 6.92 Å². The molecule has 0 aliphatic carbocycles. The molecule has 1 atom stereocenters. The Morgan fingerprint density at radius 2 is 1.85 bits per heavy atom. The van der Waals surface area contributed by atoms with E-state index in [-0.39, 0.29) is 36.4 Å². The van der Waals surface area contributed by atoms with Crippen LogP contribution in [0, 0.1) is 6.92 Å². The fourth-order valence-corrected chi connectivity index (χ4v) is 5.80. The number of amides is 2. The van der Waals surface area contributed by atoms with Gasteiger partial charge in [-0.15, -0.1) is 0 Å². The van der Waals surface area contributed by atoms with Gasteiger partial charge >= 0.3 is 11.8 Å². The second-order valence-corrected chi connectivity index (χ2v) is 12.0. The number of carbonyl (C=O) groups is 2. The average Bonchev–Trinajstić information content (AvgIpc) is 3.61. The van der Waals surface area contributed by atoms with E-state index in [4.69, 9.17) is 32.4 Å². The Labute approximate surface area is 242 Å². The van der Waals surface area contributed by atoms with Gasteiger partial charge < -0.3 is 14.5 Å². The Hall–Kier alpha value is -3.22. The average molecular weight is 608 g/mol. The molecular weight excluding hydrogens is 579 g/mol. The Morgan fingerprint density at radius 3 is 2.55 bits per heavy atom. The highest BCUT2D eigenvalue weighted by atomic mass is 35.5. The number of nitrogens with zero attached hydrogens (tertiary/aromatic N) is 2. The second kappa shape index (κ2) is 13.4. The molecule has 0 unspecified atom stereocenters. The summed E-state index contributed by atoms with van der Waals surface area (Å²) in [6.45, 7) is 2.62. The molecule has 212 valence electrons. The van der Waals surface area contributed by atoms with Gasteiger partial charge in [-0.3, -0.25) is 9.59 Å². The maximum Gasteiger partial charge on any atom is 0.329 e. The third-order valence-corrected chi connectivity index (χ3v) is 8.51. The molecule has 0 radical (unpaired) electrons. The highest BCUT2D eigenvalue weighted by Crippen LogP contribution is 2.27. The minimum atomic E-state index is -3.94. The smallest absolute Gasteiger partial charge is 0.329 e. The van der Waals surface area contributed by atoms with Gasteiger partial charge in [0.1, 0.15) is 11.5 Å². The van der Waals surface area contributed by atoms with Crippen LogP contribution in [-0.2, 0) is 37.4 Å². The number of rotatable bonds is 10. The maximum absolute atomic E-state index is 13.6. The zero-order valence-corrected chi connectivity index (χ0v) is 23.9. The fourth-order valence-electron chi connectivity index (χ4n) is 3.95. The van der Waals surface area contributed by atoms with Gasteiger partial charge in [-0.2, -0.15) is 9.41 Å². The van der Waals surface area contributed by atoms with Crippen LogP contribution in [0.3, 0.4) is 0 Å². The van der Waals surface area contributed by atoms with Crippen LogP contribution in [0.5, 0.6) is 0 Å². The Bertz CT molecular complexity index is 1480. The van der Waals surface area contributed by atoms with Gasteiger partial charge in [-0.1, -0.05) is 47.0 Å². The van der Waals surface area contributed by atoms with E-state index < -0.39 is 21.8 Å². The SMILES string of the molecule is Cc1ccc(S(=O)(=O)N(Cc2ccc(/C=N/NC(=O)C(=O)NC[C@@H]3CCCO3)o2)Cc2ccc(Cl)cc2Cl)cc1. The largest absolute Gasteiger partial charge is 0.459 e. The topological polar surface area (TPSA) is 130 Å². The first-order valence-corrected chi connectivity index (χ1v) is 14.6. The summed E-state index contributed by atoms with van der Waals surface area (Å²) in [4.78, 5) is 24.0. The molecule has 2 amide bonds. The third-order valence-electron chi connectivity index (χ3n) is 6.11. The van der Waals surface area contributed by atoms with E-state index in [0.29, 0.717) is 28.0 Å². The number of carbonyl (C=O) groups excluding carboxylic acids is 2. The van der Waals surface area contributed by atoms with Crippen molar-refractivity contribution in [2.75, 3.05) is 13.2 Å². The molecule has 3 aromatic rings. The minimum absolute atomic E-state index is 0.0343. The van der Waals surface area contributed by atoms with E-state index in [1.165, 1.54) is 10.5 Å². The summed E-state index contributed by atoms with van der Waals surface area (Å²) in [6, 6.07) is 14.5. The number of nitrogens with one attached hydrogen (secondary N) is 2. The number of sulfonamides is 1. The van der Waals surface area contributed by atoms with Crippen LogP contribution in [0.2, 0.25) is 10.0 Å². The van der Waals surface area contributed by atoms with Gasteiger partial charge in [0.25, 0.3) is 0 Å². The van der Waals surface area contributed by atoms with Gasteiger partial charge in [-0.05, 0) is 61.7 Å². The number of aryl methyl sites for hydroxylation is 1. The molecular formula is C27H28Cl2N4O6S. The summed E-state index contributed by atoms with van der Waals surface area (Å²) in [5, 5.41) is 7.03. The first-order valence-electron chi connectivity index (χ1n) is 12.4. The van der Waals surface area contributed by atoms with Crippen molar-refractivity contribution < 1.29 is 27.2 Å². The van der Waals surface area contributed by atoms with Gasteiger partial charge in [0.05, 0.1) is 23.8 Å². The Morgan fingerprint density at radius 1 is 1.07 bits per heavy atom. The molecule has 2 aromatic carbocycles.